The van der Waals surface area contributed by atoms with Crippen molar-refractivity contribution < 1.29 is 14.6 Å². The number of aromatic carboxylic acids is 1. The molecule has 2 fully saturated rings. The van der Waals surface area contributed by atoms with Crippen LogP contribution in [0.1, 0.15) is 23.2 Å². The van der Waals surface area contributed by atoms with Crippen molar-refractivity contribution in [3.05, 3.63) is 28.2 Å². The molecule has 0 atom stereocenters. The number of hydrogen-bond acceptors (Lipinski definition) is 3. The molecule has 0 radical (unpaired) electrons. The van der Waals surface area contributed by atoms with E-state index in [-0.39, 0.29) is 0 Å². The van der Waals surface area contributed by atoms with E-state index in [0.29, 0.717) is 15.5 Å². The van der Waals surface area contributed by atoms with E-state index in [9.17, 15) is 4.79 Å². The number of hydrogen-bond donors (Lipinski definition) is 1. The zero-order valence-corrected chi connectivity index (χ0v) is 12.1. The van der Waals surface area contributed by atoms with Gasteiger partial charge in [-0.3, -0.25) is 0 Å². The fourth-order valence-corrected chi connectivity index (χ4v) is 3.36. The van der Waals surface area contributed by atoms with Crippen LogP contribution >= 0.6 is 15.9 Å². The molecule has 19 heavy (non-hydrogen) atoms. The van der Waals surface area contributed by atoms with Crippen molar-refractivity contribution in [1.29, 1.82) is 0 Å². The maximum Gasteiger partial charge on any atom is 0.336 e. The summed E-state index contributed by atoms with van der Waals surface area (Å²) in [6.07, 6.45) is 2.23. The van der Waals surface area contributed by atoms with Gasteiger partial charge in [0.1, 0.15) is 0 Å². The highest BCUT2D eigenvalue weighted by Crippen LogP contribution is 2.42. The zero-order chi connectivity index (χ0) is 13.5. The Morgan fingerprint density at radius 2 is 2.00 bits per heavy atom. The van der Waals surface area contributed by atoms with Crippen molar-refractivity contribution in [2.75, 3.05) is 31.2 Å². The van der Waals surface area contributed by atoms with E-state index in [1.165, 1.54) is 0 Å². The third kappa shape index (κ3) is 2.37. The maximum atomic E-state index is 11.1. The van der Waals surface area contributed by atoms with Gasteiger partial charge in [-0.25, -0.2) is 4.79 Å². The number of carbonyl (C=O) groups is 1. The average Bonchev–Trinajstić information content (AvgIpc) is 2.37. The second kappa shape index (κ2) is 4.80. The number of rotatable bonds is 2. The van der Waals surface area contributed by atoms with Gasteiger partial charge in [0.2, 0.25) is 0 Å². The van der Waals surface area contributed by atoms with Gasteiger partial charge in [-0.1, -0.05) is 0 Å². The first-order valence-corrected chi connectivity index (χ1v) is 7.25. The monoisotopic (exact) mass is 325 g/mol. The van der Waals surface area contributed by atoms with Crippen molar-refractivity contribution in [1.82, 2.24) is 0 Å². The van der Waals surface area contributed by atoms with Crippen molar-refractivity contribution in [2.24, 2.45) is 5.41 Å². The van der Waals surface area contributed by atoms with Gasteiger partial charge in [0.25, 0.3) is 0 Å². The Balaban J connectivity index is 1.74. The Bertz CT molecular complexity index is 503. The van der Waals surface area contributed by atoms with Crippen LogP contribution in [-0.4, -0.2) is 37.4 Å². The normalized spacial score (nSPS) is 21.2. The van der Waals surface area contributed by atoms with Crippen molar-refractivity contribution in [2.45, 2.75) is 12.8 Å². The van der Waals surface area contributed by atoms with E-state index < -0.39 is 5.97 Å². The van der Waals surface area contributed by atoms with Gasteiger partial charge >= 0.3 is 5.97 Å². The van der Waals surface area contributed by atoms with Crippen LogP contribution in [0.25, 0.3) is 0 Å². The predicted octanol–water partition coefficient (Wildman–Crippen LogP) is 2.76. The Morgan fingerprint density at radius 1 is 1.32 bits per heavy atom. The molecule has 2 heterocycles. The minimum Gasteiger partial charge on any atom is -0.478 e. The largest absolute Gasteiger partial charge is 0.478 e. The lowest BCUT2D eigenvalue weighted by Crippen LogP contribution is -2.58. The Morgan fingerprint density at radius 3 is 2.63 bits per heavy atom. The molecule has 1 N–H and O–H groups in total. The van der Waals surface area contributed by atoms with Crippen molar-refractivity contribution in [3.63, 3.8) is 0 Å². The first-order chi connectivity index (χ1) is 9.10. The van der Waals surface area contributed by atoms with E-state index >= 15 is 0 Å². The molecule has 2 saturated heterocycles. The molecule has 0 saturated carbocycles. The smallest absolute Gasteiger partial charge is 0.336 e. The Hall–Kier alpha value is -1.07. The standard InChI is InChI=1S/C14H16BrNO3/c15-12-2-1-10(7-11(12)13(17)18)16-8-14(9-16)3-5-19-6-4-14/h1-2,7H,3-6,8-9H2,(H,17,18). The second-order valence-corrected chi connectivity index (χ2v) is 6.29. The predicted molar refractivity (Wildman–Crippen MR) is 75.8 cm³/mol. The highest BCUT2D eigenvalue weighted by Gasteiger charge is 2.43. The first kappa shape index (κ1) is 12.9. The Labute approximate surface area is 120 Å². The van der Waals surface area contributed by atoms with Crippen LogP contribution in [0.2, 0.25) is 0 Å². The summed E-state index contributed by atoms with van der Waals surface area (Å²) in [5.41, 5.74) is 1.72. The minimum atomic E-state index is -0.893. The number of anilines is 1. The fraction of sp³-hybridized carbons (Fsp3) is 0.500. The van der Waals surface area contributed by atoms with E-state index in [4.69, 9.17) is 9.84 Å². The van der Waals surface area contributed by atoms with Crippen molar-refractivity contribution in [3.8, 4) is 0 Å². The molecule has 0 unspecified atom stereocenters. The molecule has 4 nitrogen and oxygen atoms in total. The van der Waals surface area contributed by atoms with Gasteiger partial charge in [0.15, 0.2) is 0 Å². The summed E-state index contributed by atoms with van der Waals surface area (Å²) in [5.74, 6) is -0.893. The third-order valence-corrected chi connectivity index (χ3v) is 4.84. The van der Waals surface area contributed by atoms with Gasteiger partial charge in [0, 0.05) is 41.9 Å². The number of ether oxygens (including phenoxy) is 1. The molecule has 102 valence electrons. The number of halogens is 1. The number of benzene rings is 1. The van der Waals surface area contributed by atoms with Crippen LogP contribution in [0.4, 0.5) is 5.69 Å². The van der Waals surface area contributed by atoms with E-state index in [1.54, 1.807) is 6.07 Å². The summed E-state index contributed by atoms with van der Waals surface area (Å²) in [6, 6.07) is 5.54. The van der Waals surface area contributed by atoms with Gasteiger partial charge in [-0.2, -0.15) is 0 Å². The lowest BCUT2D eigenvalue weighted by molar-refractivity contribution is -0.000192. The van der Waals surface area contributed by atoms with Gasteiger partial charge < -0.3 is 14.7 Å². The topological polar surface area (TPSA) is 49.8 Å². The first-order valence-electron chi connectivity index (χ1n) is 6.45. The molecule has 0 aromatic heterocycles. The van der Waals surface area contributed by atoms with Gasteiger partial charge in [-0.15, -0.1) is 0 Å². The molecule has 1 aromatic rings. The van der Waals surface area contributed by atoms with Crippen LogP contribution < -0.4 is 4.90 Å². The number of carboxylic acids is 1. The highest BCUT2D eigenvalue weighted by atomic mass is 79.9. The molecule has 5 heteroatoms. The molecule has 0 amide bonds. The average molecular weight is 326 g/mol. The molecule has 2 aliphatic rings. The summed E-state index contributed by atoms with van der Waals surface area (Å²) >= 11 is 3.27. The molecule has 2 aliphatic heterocycles. The molecule has 3 rings (SSSR count). The molecule has 1 aromatic carbocycles. The molecule has 1 spiro atoms. The second-order valence-electron chi connectivity index (χ2n) is 5.44. The summed E-state index contributed by atoms with van der Waals surface area (Å²) < 4.78 is 6.04. The molecule has 0 aliphatic carbocycles. The lowest BCUT2D eigenvalue weighted by atomic mass is 9.73. The summed E-state index contributed by atoms with van der Waals surface area (Å²) in [4.78, 5) is 13.4. The summed E-state index contributed by atoms with van der Waals surface area (Å²) in [7, 11) is 0. The number of carboxylic acid groups (broad SMARTS) is 1. The lowest BCUT2D eigenvalue weighted by Gasteiger charge is -2.53. The van der Waals surface area contributed by atoms with E-state index in [1.807, 2.05) is 12.1 Å². The summed E-state index contributed by atoms with van der Waals surface area (Å²) in [6.45, 7) is 3.73. The third-order valence-electron chi connectivity index (χ3n) is 4.15. The quantitative estimate of drug-likeness (QED) is 0.908. The summed E-state index contributed by atoms with van der Waals surface area (Å²) in [5, 5.41) is 9.14. The van der Waals surface area contributed by atoms with E-state index in [2.05, 4.69) is 20.8 Å². The molecular weight excluding hydrogens is 310 g/mol. The molecule has 0 bridgehead atoms. The van der Waals surface area contributed by atoms with Gasteiger partial charge in [0.05, 0.1) is 5.56 Å². The van der Waals surface area contributed by atoms with Gasteiger partial charge in [-0.05, 0) is 47.0 Å². The van der Waals surface area contributed by atoms with Crippen LogP contribution in [0, 0.1) is 5.41 Å². The van der Waals surface area contributed by atoms with Crippen LogP contribution in [0.15, 0.2) is 22.7 Å². The van der Waals surface area contributed by atoms with Crippen LogP contribution in [-0.2, 0) is 4.74 Å². The number of nitrogens with zero attached hydrogens (tertiary/aromatic N) is 1. The zero-order valence-electron chi connectivity index (χ0n) is 10.6. The SMILES string of the molecule is O=C(O)c1cc(N2CC3(CCOCC3)C2)ccc1Br. The van der Waals surface area contributed by atoms with Crippen LogP contribution in [0.3, 0.4) is 0 Å². The minimum absolute atomic E-state index is 0.324. The fourth-order valence-electron chi connectivity index (χ4n) is 2.94. The maximum absolute atomic E-state index is 11.1. The van der Waals surface area contributed by atoms with E-state index in [0.717, 1.165) is 44.8 Å². The molecular formula is C14H16BrNO3. The van der Waals surface area contributed by atoms with Crippen molar-refractivity contribution >= 4 is 27.6 Å². The van der Waals surface area contributed by atoms with Crippen LogP contribution in [0.5, 0.6) is 0 Å². The Kier molecular flexibility index (Phi) is 3.27. The highest BCUT2D eigenvalue weighted by molar-refractivity contribution is 9.10.